The van der Waals surface area contributed by atoms with Crippen molar-refractivity contribution in [2.75, 3.05) is 7.11 Å². The number of benzene rings is 1. The van der Waals surface area contributed by atoms with Gasteiger partial charge in [0, 0.05) is 12.0 Å². The minimum atomic E-state index is -1.38. The molecule has 0 bridgehead atoms. The maximum absolute atomic E-state index is 13.5. The molecule has 0 fully saturated rings. The molecular weight excluding hydrogens is 235 g/mol. The van der Waals surface area contributed by atoms with Crippen LogP contribution in [0.5, 0.6) is 5.75 Å². The number of ether oxygens (including phenoxy) is 1. The van der Waals surface area contributed by atoms with Crippen molar-refractivity contribution in [2.45, 2.75) is 32.5 Å². The van der Waals surface area contributed by atoms with E-state index in [1.165, 1.54) is 7.11 Å². The van der Waals surface area contributed by atoms with E-state index in [1.54, 1.807) is 38.1 Å². The molecule has 0 aliphatic carbocycles. The number of hydrogen-bond donors (Lipinski definition) is 1. The summed E-state index contributed by atoms with van der Waals surface area (Å²) in [6.07, 6.45) is -2.84. The summed E-state index contributed by atoms with van der Waals surface area (Å²) in [4.78, 5) is 11.8. The number of hydrogen-bond acceptors (Lipinski definition) is 3. The second-order valence-corrected chi connectivity index (χ2v) is 4.61. The Balaban J connectivity index is 2.64. The SMILES string of the molecule is COc1ccc(C(=O)C[C@@H](O)[C@@H](F)C(C)C)cc1. The molecule has 0 aliphatic rings. The lowest BCUT2D eigenvalue weighted by Crippen LogP contribution is -2.29. The van der Waals surface area contributed by atoms with Crippen LogP contribution >= 0.6 is 0 Å². The summed E-state index contributed by atoms with van der Waals surface area (Å²) < 4.78 is 18.5. The van der Waals surface area contributed by atoms with E-state index in [0.29, 0.717) is 11.3 Å². The molecule has 2 atom stereocenters. The fourth-order valence-corrected chi connectivity index (χ4v) is 1.64. The lowest BCUT2D eigenvalue weighted by atomic mass is 9.97. The van der Waals surface area contributed by atoms with Crippen LogP contribution in [0.25, 0.3) is 0 Å². The van der Waals surface area contributed by atoms with Gasteiger partial charge in [0.2, 0.25) is 0 Å². The first-order valence-electron chi connectivity index (χ1n) is 5.95. The van der Waals surface area contributed by atoms with E-state index in [-0.39, 0.29) is 18.1 Å². The Morgan fingerprint density at radius 1 is 1.33 bits per heavy atom. The Bertz CT molecular complexity index is 387. The summed E-state index contributed by atoms with van der Waals surface area (Å²) in [7, 11) is 1.54. The highest BCUT2D eigenvalue weighted by Crippen LogP contribution is 2.17. The number of Topliss-reactive ketones (excluding diaryl/α,β-unsaturated/α-hetero) is 1. The lowest BCUT2D eigenvalue weighted by Gasteiger charge is -2.18. The molecule has 18 heavy (non-hydrogen) atoms. The van der Waals surface area contributed by atoms with Gasteiger partial charge in [-0.25, -0.2) is 4.39 Å². The van der Waals surface area contributed by atoms with E-state index >= 15 is 0 Å². The molecule has 0 aliphatic heterocycles. The zero-order valence-electron chi connectivity index (χ0n) is 10.9. The number of carbonyl (C=O) groups is 1. The molecule has 1 aromatic rings. The molecule has 1 N–H and O–H groups in total. The third kappa shape index (κ3) is 3.81. The van der Waals surface area contributed by atoms with Crippen LogP contribution in [0.3, 0.4) is 0 Å². The molecule has 1 aromatic carbocycles. The van der Waals surface area contributed by atoms with Crippen LogP contribution in [0.2, 0.25) is 0 Å². The van der Waals surface area contributed by atoms with Crippen molar-refractivity contribution in [3.8, 4) is 5.75 Å². The van der Waals surface area contributed by atoms with E-state index in [0.717, 1.165) is 0 Å². The first-order chi connectivity index (χ1) is 8.45. The summed E-state index contributed by atoms with van der Waals surface area (Å²) in [5.74, 6) is 0.0785. The Labute approximate surface area is 107 Å². The number of halogens is 1. The van der Waals surface area contributed by atoms with Crippen LogP contribution < -0.4 is 4.74 Å². The summed E-state index contributed by atoms with van der Waals surface area (Å²) in [6.45, 7) is 3.34. The summed E-state index contributed by atoms with van der Waals surface area (Å²) in [5, 5.41) is 9.60. The number of alkyl halides is 1. The first-order valence-corrected chi connectivity index (χ1v) is 5.95. The molecule has 1 rings (SSSR count). The van der Waals surface area contributed by atoms with Crippen molar-refractivity contribution in [2.24, 2.45) is 5.92 Å². The van der Waals surface area contributed by atoms with Crippen LogP contribution in [0.1, 0.15) is 30.6 Å². The van der Waals surface area contributed by atoms with Crippen molar-refractivity contribution in [3.05, 3.63) is 29.8 Å². The Hall–Kier alpha value is -1.42. The number of rotatable bonds is 6. The van der Waals surface area contributed by atoms with Gasteiger partial charge in [-0.1, -0.05) is 13.8 Å². The fraction of sp³-hybridized carbons (Fsp3) is 0.500. The monoisotopic (exact) mass is 254 g/mol. The number of methoxy groups -OCH3 is 1. The molecule has 0 unspecified atom stereocenters. The fourth-order valence-electron chi connectivity index (χ4n) is 1.64. The number of aliphatic hydroxyl groups is 1. The van der Waals surface area contributed by atoms with Gasteiger partial charge >= 0.3 is 0 Å². The molecule has 4 heteroatoms. The zero-order valence-corrected chi connectivity index (χ0v) is 10.9. The molecule has 0 saturated heterocycles. The number of carbonyl (C=O) groups excluding carboxylic acids is 1. The van der Waals surface area contributed by atoms with Gasteiger partial charge in [0.05, 0.1) is 13.2 Å². The third-order valence-electron chi connectivity index (χ3n) is 2.81. The molecule has 3 nitrogen and oxygen atoms in total. The second-order valence-electron chi connectivity index (χ2n) is 4.61. The van der Waals surface area contributed by atoms with E-state index in [9.17, 15) is 14.3 Å². The molecule has 0 spiro atoms. The van der Waals surface area contributed by atoms with Crippen molar-refractivity contribution < 1.29 is 19.0 Å². The summed E-state index contributed by atoms with van der Waals surface area (Å²) in [6, 6.07) is 6.54. The predicted octanol–water partition coefficient (Wildman–Crippen LogP) is 2.62. The number of ketones is 1. The van der Waals surface area contributed by atoms with Crippen LogP contribution in [0, 0.1) is 5.92 Å². The van der Waals surface area contributed by atoms with Gasteiger partial charge in [0.25, 0.3) is 0 Å². The van der Waals surface area contributed by atoms with E-state index in [2.05, 4.69) is 0 Å². The maximum Gasteiger partial charge on any atom is 0.165 e. The van der Waals surface area contributed by atoms with Crippen molar-refractivity contribution in [3.63, 3.8) is 0 Å². The third-order valence-corrected chi connectivity index (χ3v) is 2.81. The molecule has 0 amide bonds. The molecule has 0 heterocycles. The van der Waals surface area contributed by atoms with Gasteiger partial charge in [-0.2, -0.15) is 0 Å². The van der Waals surface area contributed by atoms with Crippen LogP contribution in [0.4, 0.5) is 4.39 Å². The number of aliphatic hydroxyl groups excluding tert-OH is 1. The molecule has 0 saturated carbocycles. The lowest BCUT2D eigenvalue weighted by molar-refractivity contribution is 0.0420. The van der Waals surface area contributed by atoms with Crippen LogP contribution in [0.15, 0.2) is 24.3 Å². The first kappa shape index (κ1) is 14.6. The zero-order chi connectivity index (χ0) is 13.7. The van der Waals surface area contributed by atoms with E-state index < -0.39 is 12.3 Å². The smallest absolute Gasteiger partial charge is 0.165 e. The highest BCUT2D eigenvalue weighted by Gasteiger charge is 2.24. The van der Waals surface area contributed by atoms with Gasteiger partial charge in [0.15, 0.2) is 5.78 Å². The van der Waals surface area contributed by atoms with Crippen molar-refractivity contribution >= 4 is 5.78 Å². The summed E-state index contributed by atoms with van der Waals surface area (Å²) >= 11 is 0. The second kappa shape index (κ2) is 6.50. The minimum absolute atomic E-state index is 0.203. The van der Waals surface area contributed by atoms with Crippen molar-refractivity contribution in [1.29, 1.82) is 0 Å². The quantitative estimate of drug-likeness (QED) is 0.794. The van der Waals surface area contributed by atoms with Gasteiger partial charge < -0.3 is 9.84 Å². The Morgan fingerprint density at radius 2 is 1.89 bits per heavy atom. The maximum atomic E-state index is 13.5. The normalized spacial score (nSPS) is 14.3. The predicted molar refractivity (Wildman–Crippen MR) is 67.7 cm³/mol. The molecule has 0 radical (unpaired) electrons. The Morgan fingerprint density at radius 3 is 2.33 bits per heavy atom. The van der Waals surface area contributed by atoms with Crippen molar-refractivity contribution in [1.82, 2.24) is 0 Å². The van der Waals surface area contributed by atoms with Gasteiger partial charge in [-0.15, -0.1) is 0 Å². The van der Waals surface area contributed by atoms with Gasteiger partial charge in [-0.3, -0.25) is 4.79 Å². The highest BCUT2D eigenvalue weighted by molar-refractivity contribution is 5.96. The van der Waals surface area contributed by atoms with E-state index in [1.807, 2.05) is 0 Å². The van der Waals surface area contributed by atoms with Gasteiger partial charge in [0.1, 0.15) is 11.9 Å². The van der Waals surface area contributed by atoms with Crippen LogP contribution in [-0.2, 0) is 0 Å². The standard InChI is InChI=1S/C14H19FO3/c1-9(2)14(15)13(17)8-12(16)10-4-6-11(18-3)7-5-10/h4-7,9,13-14,17H,8H2,1-3H3/t13-,14+/m1/s1. The minimum Gasteiger partial charge on any atom is -0.497 e. The topological polar surface area (TPSA) is 46.5 Å². The van der Waals surface area contributed by atoms with Gasteiger partial charge in [-0.05, 0) is 30.2 Å². The molecular formula is C14H19FO3. The molecule has 100 valence electrons. The average Bonchev–Trinajstić information content (AvgIpc) is 2.37. The van der Waals surface area contributed by atoms with Crippen LogP contribution in [-0.4, -0.2) is 30.3 Å². The summed E-state index contributed by atoms with van der Waals surface area (Å²) in [5.41, 5.74) is 0.450. The Kier molecular flexibility index (Phi) is 5.28. The largest absolute Gasteiger partial charge is 0.497 e. The highest BCUT2D eigenvalue weighted by atomic mass is 19.1. The van der Waals surface area contributed by atoms with E-state index in [4.69, 9.17) is 4.74 Å². The molecule has 0 aromatic heterocycles. The average molecular weight is 254 g/mol.